The number of thiocarbonyl (C=S) groups is 1. The molecule has 1 aromatic heterocycles. The quantitative estimate of drug-likeness (QED) is 0.229. The third-order valence-electron chi connectivity index (χ3n) is 4.57. The Morgan fingerprint density at radius 3 is 2.94 bits per heavy atom. The molecule has 2 heterocycles. The maximum Gasteiger partial charge on any atom is 0.244 e. The summed E-state index contributed by atoms with van der Waals surface area (Å²) in [5.74, 6) is 1.14. The minimum atomic E-state index is -0.156. The van der Waals surface area contributed by atoms with Crippen LogP contribution in [0.25, 0.3) is 10.9 Å². The summed E-state index contributed by atoms with van der Waals surface area (Å²) in [4.78, 5) is 12.7. The molecule has 1 amide bonds. The van der Waals surface area contributed by atoms with Crippen LogP contribution in [0.2, 0.25) is 0 Å². The maximum atomic E-state index is 12.7. The van der Waals surface area contributed by atoms with Crippen molar-refractivity contribution >= 4 is 46.0 Å². The van der Waals surface area contributed by atoms with E-state index in [-0.39, 0.29) is 19.2 Å². The number of hydrogen-bond acceptors (Lipinski definition) is 5. The molecule has 31 heavy (non-hydrogen) atoms. The van der Waals surface area contributed by atoms with Crippen LogP contribution in [-0.4, -0.2) is 35.1 Å². The number of rotatable bonds is 7. The fourth-order valence-corrected chi connectivity index (χ4v) is 3.34. The molecule has 0 radical (unpaired) electrons. The van der Waals surface area contributed by atoms with E-state index in [0.717, 1.165) is 16.5 Å². The lowest BCUT2D eigenvalue weighted by Crippen LogP contribution is -2.31. The Balaban J connectivity index is 1.47. The predicted molar refractivity (Wildman–Crippen MR) is 125 cm³/mol. The van der Waals surface area contributed by atoms with Crippen LogP contribution in [0.4, 0.5) is 5.69 Å². The zero-order valence-corrected chi connectivity index (χ0v) is 17.4. The zero-order chi connectivity index (χ0) is 21.6. The number of hydrogen-bond donors (Lipinski definition) is 3. The van der Waals surface area contributed by atoms with Gasteiger partial charge in [0.15, 0.2) is 16.6 Å². The molecule has 0 saturated heterocycles. The van der Waals surface area contributed by atoms with Gasteiger partial charge in [-0.3, -0.25) is 10.2 Å². The molecule has 158 valence electrons. The van der Waals surface area contributed by atoms with Crippen molar-refractivity contribution in [2.75, 3.05) is 18.7 Å². The summed E-state index contributed by atoms with van der Waals surface area (Å²) in [6.07, 6.45) is 5.27. The van der Waals surface area contributed by atoms with Gasteiger partial charge in [0.2, 0.25) is 12.7 Å². The molecule has 0 aliphatic carbocycles. The second kappa shape index (κ2) is 9.31. The van der Waals surface area contributed by atoms with Crippen molar-refractivity contribution in [3.05, 3.63) is 66.9 Å². The number of carbonyl (C=O) groups is 1. The highest BCUT2D eigenvalue weighted by Gasteiger charge is 2.15. The van der Waals surface area contributed by atoms with Crippen molar-refractivity contribution in [3.8, 4) is 11.5 Å². The van der Waals surface area contributed by atoms with Crippen LogP contribution in [0.5, 0.6) is 11.5 Å². The number of fused-ring (bicyclic) bond motifs is 2. The van der Waals surface area contributed by atoms with Crippen LogP contribution in [0.1, 0.15) is 5.56 Å². The van der Waals surface area contributed by atoms with Gasteiger partial charge in [-0.25, -0.2) is 0 Å². The molecule has 0 fully saturated rings. The Hall–Kier alpha value is -3.85. The van der Waals surface area contributed by atoms with Gasteiger partial charge >= 0.3 is 0 Å². The Labute approximate surface area is 184 Å². The minimum absolute atomic E-state index is 0.148. The smallest absolute Gasteiger partial charge is 0.244 e. The number of nitrogens with one attached hydrogen (secondary N) is 3. The van der Waals surface area contributed by atoms with Gasteiger partial charge in [0.05, 0.1) is 6.21 Å². The monoisotopic (exact) mass is 435 g/mol. The molecule has 0 spiro atoms. The van der Waals surface area contributed by atoms with Gasteiger partial charge in [-0.2, -0.15) is 5.10 Å². The molecule has 0 unspecified atom stereocenters. The van der Waals surface area contributed by atoms with E-state index in [9.17, 15) is 4.79 Å². The van der Waals surface area contributed by atoms with Crippen molar-refractivity contribution in [3.63, 3.8) is 0 Å². The number of aromatic nitrogens is 1. The molecule has 0 atom stereocenters. The highest BCUT2D eigenvalue weighted by atomic mass is 32.1. The summed E-state index contributed by atoms with van der Waals surface area (Å²) in [7, 11) is 0. The summed E-state index contributed by atoms with van der Waals surface area (Å²) >= 11 is 5.13. The minimum Gasteiger partial charge on any atom is -0.454 e. The first-order valence-corrected chi connectivity index (χ1v) is 10.00. The highest BCUT2D eigenvalue weighted by molar-refractivity contribution is 7.80. The predicted octanol–water partition coefficient (Wildman–Crippen LogP) is 2.99. The molecule has 9 heteroatoms. The molecule has 3 N–H and O–H groups in total. The number of anilines is 1. The normalized spacial score (nSPS) is 12.1. The van der Waals surface area contributed by atoms with Gasteiger partial charge < -0.3 is 24.7 Å². The first-order chi connectivity index (χ1) is 15.1. The molecule has 0 saturated carbocycles. The summed E-state index contributed by atoms with van der Waals surface area (Å²) in [6.45, 7) is 4.52. The van der Waals surface area contributed by atoms with Crippen LogP contribution in [0.3, 0.4) is 0 Å². The van der Waals surface area contributed by atoms with Crippen molar-refractivity contribution in [1.82, 2.24) is 15.3 Å². The Kier molecular flexibility index (Phi) is 6.13. The molecule has 4 rings (SSSR count). The van der Waals surface area contributed by atoms with Crippen LogP contribution < -0.4 is 25.5 Å². The van der Waals surface area contributed by atoms with Crippen molar-refractivity contribution < 1.29 is 14.3 Å². The fourth-order valence-electron chi connectivity index (χ4n) is 3.20. The molecule has 1 aliphatic heterocycles. The summed E-state index contributed by atoms with van der Waals surface area (Å²) in [6, 6.07) is 13.1. The molecule has 3 aromatic rings. The summed E-state index contributed by atoms with van der Waals surface area (Å²) < 4.78 is 12.5. The van der Waals surface area contributed by atoms with E-state index >= 15 is 0 Å². The van der Waals surface area contributed by atoms with Crippen LogP contribution in [0.15, 0.2) is 66.4 Å². The van der Waals surface area contributed by atoms with Gasteiger partial charge in [0.25, 0.3) is 0 Å². The molecule has 8 nitrogen and oxygen atoms in total. The largest absolute Gasteiger partial charge is 0.454 e. The molecular formula is C22H21N5O3S. The lowest BCUT2D eigenvalue weighted by molar-refractivity contribution is -0.116. The number of carbonyl (C=O) groups excluding carboxylic acids is 1. The number of ether oxygens (including phenoxy) is 2. The van der Waals surface area contributed by atoms with Gasteiger partial charge in [0.1, 0.15) is 6.54 Å². The lowest BCUT2D eigenvalue weighted by atomic mass is 10.2. The first kappa shape index (κ1) is 20.4. The van der Waals surface area contributed by atoms with Crippen LogP contribution >= 0.6 is 12.2 Å². The van der Waals surface area contributed by atoms with Crippen molar-refractivity contribution in [2.24, 2.45) is 5.10 Å². The molecule has 1 aliphatic rings. The standard InChI is InChI=1S/C22H21N5O3S/c1-2-9-23-22(31)26-24-11-15-12-27(18-6-4-3-5-17(15)18)13-21(28)25-16-7-8-19-20(10-16)30-14-29-19/h2-8,10-12H,1,9,13-14H2,(H,25,28)(H2,23,26,31)/b24-11+. The van der Waals surface area contributed by atoms with Gasteiger partial charge in [0, 0.05) is 41.0 Å². The fraction of sp³-hybridized carbons (Fsp3) is 0.136. The summed E-state index contributed by atoms with van der Waals surface area (Å²) in [5.41, 5.74) is 5.21. The third-order valence-corrected chi connectivity index (χ3v) is 4.80. The van der Waals surface area contributed by atoms with E-state index in [4.69, 9.17) is 21.7 Å². The van der Waals surface area contributed by atoms with Crippen molar-refractivity contribution in [1.29, 1.82) is 0 Å². The SMILES string of the molecule is C=CCNC(=S)N/N=C/c1cn(CC(=O)Nc2ccc3c(c2)OCO3)c2ccccc12. The van der Waals surface area contributed by atoms with Crippen molar-refractivity contribution in [2.45, 2.75) is 6.54 Å². The number of amides is 1. The van der Waals surface area contributed by atoms with Gasteiger partial charge in [-0.1, -0.05) is 24.3 Å². The topological polar surface area (TPSA) is 88.9 Å². The second-order valence-corrected chi connectivity index (χ2v) is 7.12. The van der Waals surface area contributed by atoms with Crippen LogP contribution in [0, 0.1) is 0 Å². The first-order valence-electron chi connectivity index (χ1n) is 9.59. The average Bonchev–Trinajstić information content (AvgIpc) is 3.37. The van der Waals surface area contributed by atoms with Crippen LogP contribution in [-0.2, 0) is 11.3 Å². The van der Waals surface area contributed by atoms with E-state index in [1.165, 1.54) is 0 Å². The van der Waals surface area contributed by atoms with Gasteiger partial charge in [-0.15, -0.1) is 6.58 Å². The van der Waals surface area contributed by atoms with E-state index in [1.54, 1.807) is 30.5 Å². The maximum absolute atomic E-state index is 12.7. The number of nitrogens with zero attached hydrogens (tertiary/aromatic N) is 2. The Morgan fingerprint density at radius 2 is 2.06 bits per heavy atom. The van der Waals surface area contributed by atoms with E-state index in [0.29, 0.717) is 28.8 Å². The van der Waals surface area contributed by atoms with E-state index in [1.807, 2.05) is 35.0 Å². The lowest BCUT2D eigenvalue weighted by Gasteiger charge is -2.08. The molecule has 2 aromatic carbocycles. The van der Waals surface area contributed by atoms with E-state index in [2.05, 4.69) is 27.7 Å². The average molecular weight is 436 g/mol. The third kappa shape index (κ3) is 4.84. The molecule has 0 bridgehead atoms. The Morgan fingerprint density at radius 1 is 1.23 bits per heavy atom. The second-order valence-electron chi connectivity index (χ2n) is 6.71. The number of benzene rings is 2. The zero-order valence-electron chi connectivity index (χ0n) is 16.6. The Bertz CT molecular complexity index is 1170. The number of para-hydroxylation sites is 1. The highest BCUT2D eigenvalue weighted by Crippen LogP contribution is 2.34. The van der Waals surface area contributed by atoms with E-state index < -0.39 is 0 Å². The number of hydrazone groups is 1. The van der Waals surface area contributed by atoms with Gasteiger partial charge in [-0.05, 0) is 30.4 Å². The molecular weight excluding hydrogens is 414 g/mol. The summed E-state index contributed by atoms with van der Waals surface area (Å²) in [5, 5.41) is 11.4.